The highest BCUT2D eigenvalue weighted by Gasteiger charge is 2.18. The Morgan fingerprint density at radius 3 is 2.82 bits per heavy atom. The number of hydrogen-bond acceptors (Lipinski definition) is 3. The van der Waals surface area contributed by atoms with Crippen molar-refractivity contribution in [2.45, 2.75) is 32.9 Å². The van der Waals surface area contributed by atoms with Gasteiger partial charge in [-0.15, -0.1) is 0 Å². The van der Waals surface area contributed by atoms with Gasteiger partial charge in [0.15, 0.2) is 0 Å². The summed E-state index contributed by atoms with van der Waals surface area (Å²) in [5.74, 6) is -0.500. The molecule has 0 aliphatic carbocycles. The van der Waals surface area contributed by atoms with E-state index in [0.717, 1.165) is 5.56 Å². The summed E-state index contributed by atoms with van der Waals surface area (Å²) in [4.78, 5) is 14.9. The average molecular weight is 257 g/mol. The van der Waals surface area contributed by atoms with E-state index in [9.17, 15) is 4.79 Å². The zero-order chi connectivity index (χ0) is 12.8. The van der Waals surface area contributed by atoms with Crippen LogP contribution in [0.2, 0.25) is 5.02 Å². The van der Waals surface area contributed by atoms with E-state index in [2.05, 4.69) is 10.3 Å². The minimum absolute atomic E-state index is 0.330. The Morgan fingerprint density at radius 2 is 2.29 bits per heavy atom. The van der Waals surface area contributed by atoms with Crippen molar-refractivity contribution in [1.82, 2.24) is 10.3 Å². The maximum atomic E-state index is 11.0. The van der Waals surface area contributed by atoms with E-state index in [4.69, 9.17) is 16.7 Å². The van der Waals surface area contributed by atoms with Crippen LogP contribution in [0.25, 0.3) is 0 Å². The molecule has 1 atom stereocenters. The first kappa shape index (κ1) is 13.9. The Morgan fingerprint density at radius 1 is 1.59 bits per heavy atom. The first-order valence-corrected chi connectivity index (χ1v) is 5.93. The van der Waals surface area contributed by atoms with Crippen molar-refractivity contribution in [1.29, 1.82) is 0 Å². The molecule has 1 rings (SSSR count). The van der Waals surface area contributed by atoms with Crippen molar-refractivity contribution in [3.63, 3.8) is 0 Å². The monoisotopic (exact) mass is 256 g/mol. The van der Waals surface area contributed by atoms with Crippen LogP contribution in [0.3, 0.4) is 0 Å². The number of hydrogen-bond donors (Lipinski definition) is 2. The average Bonchev–Trinajstić information content (AvgIpc) is 2.25. The lowest BCUT2D eigenvalue weighted by molar-refractivity contribution is -0.140. The van der Waals surface area contributed by atoms with Gasteiger partial charge in [0.2, 0.25) is 0 Å². The summed E-state index contributed by atoms with van der Waals surface area (Å²) >= 11 is 5.94. The third-order valence-electron chi connectivity index (χ3n) is 2.40. The van der Waals surface area contributed by atoms with Crippen LogP contribution >= 0.6 is 11.6 Å². The van der Waals surface area contributed by atoms with Gasteiger partial charge in [0, 0.05) is 18.9 Å². The quantitative estimate of drug-likeness (QED) is 0.820. The van der Waals surface area contributed by atoms with Crippen LogP contribution in [0.4, 0.5) is 0 Å². The fourth-order valence-electron chi connectivity index (χ4n) is 1.52. The second kappa shape index (κ2) is 6.57. The Labute approximate surface area is 106 Å². The second-order valence-corrected chi connectivity index (χ2v) is 4.78. The predicted octanol–water partition coefficient (Wildman–Crippen LogP) is 2.32. The van der Waals surface area contributed by atoms with Crippen LogP contribution in [0.15, 0.2) is 18.5 Å². The van der Waals surface area contributed by atoms with Gasteiger partial charge in [-0.05, 0) is 24.0 Å². The molecule has 94 valence electrons. The molecule has 0 aromatic carbocycles. The predicted molar refractivity (Wildman–Crippen MR) is 67.0 cm³/mol. The Kier molecular flexibility index (Phi) is 5.38. The highest BCUT2D eigenvalue weighted by atomic mass is 35.5. The first-order chi connectivity index (χ1) is 8.00. The number of carboxylic acids is 1. The molecule has 0 fully saturated rings. The lowest BCUT2D eigenvalue weighted by atomic mass is 10.0. The molecule has 17 heavy (non-hydrogen) atoms. The van der Waals surface area contributed by atoms with Crippen molar-refractivity contribution in [2.24, 2.45) is 5.92 Å². The number of aliphatic carboxylic acids is 1. The van der Waals surface area contributed by atoms with Crippen molar-refractivity contribution < 1.29 is 9.90 Å². The molecule has 0 radical (unpaired) electrons. The molecule has 5 heteroatoms. The van der Waals surface area contributed by atoms with E-state index in [0.29, 0.717) is 23.9 Å². The van der Waals surface area contributed by atoms with E-state index in [-0.39, 0.29) is 0 Å². The fraction of sp³-hybridized carbons (Fsp3) is 0.500. The standard InChI is InChI=1S/C12H17ClN2O2/c1-8(2)5-11(12(16)17)15-6-9-3-4-14-7-10(9)13/h3-4,7-8,11,15H,5-6H2,1-2H3,(H,16,17). The Balaban J connectivity index is 2.58. The van der Waals surface area contributed by atoms with Gasteiger partial charge in [-0.3, -0.25) is 9.78 Å². The summed E-state index contributed by atoms with van der Waals surface area (Å²) in [5, 5.41) is 12.6. The maximum absolute atomic E-state index is 11.0. The van der Waals surface area contributed by atoms with E-state index in [1.807, 2.05) is 13.8 Å². The lowest BCUT2D eigenvalue weighted by Crippen LogP contribution is -2.37. The van der Waals surface area contributed by atoms with Crippen LogP contribution in [0, 0.1) is 5.92 Å². The molecule has 0 saturated carbocycles. The number of carbonyl (C=O) groups is 1. The van der Waals surface area contributed by atoms with E-state index in [1.165, 1.54) is 0 Å². The summed E-state index contributed by atoms with van der Waals surface area (Å²) < 4.78 is 0. The highest BCUT2D eigenvalue weighted by Crippen LogP contribution is 2.14. The number of rotatable bonds is 6. The van der Waals surface area contributed by atoms with Crippen LogP contribution in [-0.4, -0.2) is 22.1 Å². The van der Waals surface area contributed by atoms with E-state index < -0.39 is 12.0 Å². The SMILES string of the molecule is CC(C)CC(NCc1ccncc1Cl)C(=O)O. The van der Waals surface area contributed by atoms with Gasteiger partial charge in [-0.1, -0.05) is 25.4 Å². The lowest BCUT2D eigenvalue weighted by Gasteiger charge is -2.16. The largest absolute Gasteiger partial charge is 0.480 e. The summed E-state index contributed by atoms with van der Waals surface area (Å²) in [6, 6.07) is 1.24. The van der Waals surface area contributed by atoms with Gasteiger partial charge < -0.3 is 10.4 Å². The Hall–Kier alpha value is -1.13. The Bertz CT molecular complexity index is 383. The molecule has 0 amide bonds. The molecule has 0 saturated heterocycles. The zero-order valence-corrected chi connectivity index (χ0v) is 10.7. The van der Waals surface area contributed by atoms with Crippen molar-refractivity contribution in [2.75, 3.05) is 0 Å². The van der Waals surface area contributed by atoms with Gasteiger partial charge in [0.1, 0.15) is 6.04 Å². The number of aromatic nitrogens is 1. The van der Waals surface area contributed by atoms with Gasteiger partial charge in [-0.2, -0.15) is 0 Å². The smallest absolute Gasteiger partial charge is 0.320 e. The molecular formula is C12H17ClN2O2. The summed E-state index contributed by atoms with van der Waals surface area (Å²) in [5.41, 5.74) is 0.858. The molecule has 2 N–H and O–H groups in total. The summed E-state index contributed by atoms with van der Waals surface area (Å²) in [6.07, 6.45) is 3.79. The normalized spacial score (nSPS) is 12.7. The van der Waals surface area contributed by atoms with Crippen molar-refractivity contribution >= 4 is 17.6 Å². The number of nitrogens with one attached hydrogen (secondary N) is 1. The van der Waals surface area contributed by atoms with Crippen molar-refractivity contribution in [3.8, 4) is 0 Å². The molecule has 0 aliphatic heterocycles. The first-order valence-electron chi connectivity index (χ1n) is 5.55. The number of pyridine rings is 1. The third kappa shape index (κ3) is 4.71. The van der Waals surface area contributed by atoms with Gasteiger partial charge in [-0.25, -0.2) is 0 Å². The molecule has 0 aliphatic rings. The minimum Gasteiger partial charge on any atom is -0.480 e. The van der Waals surface area contributed by atoms with E-state index in [1.54, 1.807) is 18.5 Å². The molecule has 1 aromatic rings. The van der Waals surface area contributed by atoms with Crippen LogP contribution in [0.5, 0.6) is 0 Å². The summed E-state index contributed by atoms with van der Waals surface area (Å²) in [6.45, 7) is 4.43. The topological polar surface area (TPSA) is 62.2 Å². The fourth-order valence-corrected chi connectivity index (χ4v) is 1.71. The zero-order valence-electron chi connectivity index (χ0n) is 9.98. The number of nitrogens with zero attached hydrogens (tertiary/aromatic N) is 1. The highest BCUT2D eigenvalue weighted by molar-refractivity contribution is 6.31. The van der Waals surface area contributed by atoms with Gasteiger partial charge in [0.25, 0.3) is 0 Å². The van der Waals surface area contributed by atoms with Crippen LogP contribution in [0.1, 0.15) is 25.8 Å². The number of carboxylic acid groups (broad SMARTS) is 1. The molecule has 0 spiro atoms. The second-order valence-electron chi connectivity index (χ2n) is 4.37. The summed E-state index contributed by atoms with van der Waals surface area (Å²) in [7, 11) is 0. The molecule has 1 unspecified atom stereocenters. The van der Waals surface area contributed by atoms with Gasteiger partial charge >= 0.3 is 5.97 Å². The molecule has 4 nitrogen and oxygen atoms in total. The molecule has 0 bridgehead atoms. The van der Waals surface area contributed by atoms with Crippen LogP contribution < -0.4 is 5.32 Å². The third-order valence-corrected chi connectivity index (χ3v) is 2.74. The van der Waals surface area contributed by atoms with Crippen molar-refractivity contribution in [3.05, 3.63) is 29.0 Å². The molecule has 1 aromatic heterocycles. The van der Waals surface area contributed by atoms with Gasteiger partial charge in [0.05, 0.1) is 5.02 Å². The maximum Gasteiger partial charge on any atom is 0.320 e. The number of halogens is 1. The van der Waals surface area contributed by atoms with Crippen LogP contribution in [-0.2, 0) is 11.3 Å². The molecule has 1 heterocycles. The molecular weight excluding hydrogens is 240 g/mol. The minimum atomic E-state index is -0.830. The van der Waals surface area contributed by atoms with E-state index >= 15 is 0 Å².